The Morgan fingerprint density at radius 1 is 1.50 bits per heavy atom. The Balaban J connectivity index is 2.07. The van der Waals surface area contributed by atoms with Gasteiger partial charge in [-0.1, -0.05) is 6.92 Å². The molecule has 14 heavy (non-hydrogen) atoms. The first-order chi connectivity index (χ1) is 6.83. The van der Waals surface area contributed by atoms with Crippen molar-refractivity contribution in [2.24, 2.45) is 5.73 Å². The molecule has 1 heterocycles. The van der Waals surface area contributed by atoms with Gasteiger partial charge in [-0.3, -0.25) is 0 Å². The second-order valence-electron chi connectivity index (χ2n) is 3.44. The molecular weight excluding hydrogens is 178 g/mol. The molecule has 0 radical (unpaired) electrons. The van der Waals surface area contributed by atoms with E-state index in [2.05, 4.69) is 6.92 Å². The van der Waals surface area contributed by atoms with Crippen LogP contribution in [0.1, 0.15) is 25.5 Å². The average molecular weight is 197 g/mol. The van der Waals surface area contributed by atoms with Crippen molar-refractivity contribution in [2.45, 2.75) is 32.2 Å². The number of nitrogens with two attached hydrogens (primary N) is 1. The second-order valence-corrected chi connectivity index (χ2v) is 3.44. The Hall–Kier alpha value is -0.800. The molecule has 2 N–H and O–H groups in total. The average Bonchev–Trinajstić information content (AvgIpc) is 2.65. The highest BCUT2D eigenvalue weighted by molar-refractivity contribution is 4.99. The van der Waals surface area contributed by atoms with E-state index in [1.165, 1.54) is 0 Å². The quantitative estimate of drug-likeness (QED) is 0.680. The highest BCUT2D eigenvalue weighted by Crippen LogP contribution is 2.05. The molecule has 3 nitrogen and oxygen atoms in total. The number of ether oxygens (including phenoxy) is 1. The molecule has 1 aromatic rings. The van der Waals surface area contributed by atoms with Crippen LogP contribution in [0.3, 0.4) is 0 Å². The predicted molar refractivity (Wildman–Crippen MR) is 56.1 cm³/mol. The van der Waals surface area contributed by atoms with Gasteiger partial charge in [0.05, 0.1) is 6.26 Å². The minimum Gasteiger partial charge on any atom is -0.469 e. The highest BCUT2D eigenvalue weighted by atomic mass is 16.5. The molecule has 0 saturated carbocycles. The van der Waals surface area contributed by atoms with Crippen molar-refractivity contribution >= 4 is 0 Å². The van der Waals surface area contributed by atoms with Crippen LogP contribution in [0.25, 0.3) is 0 Å². The van der Waals surface area contributed by atoms with E-state index in [0.717, 1.165) is 38.2 Å². The number of rotatable bonds is 7. The molecule has 1 atom stereocenters. The van der Waals surface area contributed by atoms with Crippen LogP contribution >= 0.6 is 0 Å². The Labute approximate surface area is 85.2 Å². The van der Waals surface area contributed by atoms with Crippen molar-refractivity contribution in [2.75, 3.05) is 13.2 Å². The molecule has 1 aromatic heterocycles. The van der Waals surface area contributed by atoms with Gasteiger partial charge in [0.15, 0.2) is 0 Å². The summed E-state index contributed by atoms with van der Waals surface area (Å²) < 4.78 is 10.6. The van der Waals surface area contributed by atoms with Crippen molar-refractivity contribution in [1.82, 2.24) is 0 Å². The molecule has 0 bridgehead atoms. The lowest BCUT2D eigenvalue weighted by Gasteiger charge is -2.09. The van der Waals surface area contributed by atoms with E-state index < -0.39 is 0 Å². The van der Waals surface area contributed by atoms with Gasteiger partial charge in [0.1, 0.15) is 5.76 Å². The maximum atomic E-state index is 5.91. The lowest BCUT2D eigenvalue weighted by Crippen LogP contribution is -2.24. The van der Waals surface area contributed by atoms with E-state index in [1.54, 1.807) is 6.26 Å². The van der Waals surface area contributed by atoms with Crippen LogP contribution in [0.4, 0.5) is 0 Å². The molecular formula is C11H19NO2. The van der Waals surface area contributed by atoms with E-state index in [9.17, 15) is 0 Å². The maximum Gasteiger partial charge on any atom is 0.105 e. The molecule has 0 fully saturated rings. The molecule has 1 unspecified atom stereocenters. The van der Waals surface area contributed by atoms with Crippen LogP contribution in [0.2, 0.25) is 0 Å². The fraction of sp³-hybridized carbons (Fsp3) is 0.636. The predicted octanol–water partition coefficient (Wildman–Crippen LogP) is 1.97. The third-order valence-corrected chi connectivity index (χ3v) is 2.02. The fourth-order valence-electron chi connectivity index (χ4n) is 1.27. The molecule has 0 aliphatic carbocycles. The van der Waals surface area contributed by atoms with Crippen molar-refractivity contribution in [3.8, 4) is 0 Å². The summed E-state index contributed by atoms with van der Waals surface area (Å²) >= 11 is 0. The summed E-state index contributed by atoms with van der Waals surface area (Å²) in [5, 5.41) is 0. The maximum absolute atomic E-state index is 5.91. The molecule has 1 rings (SSSR count). The Kier molecular flexibility index (Phi) is 5.33. The fourth-order valence-corrected chi connectivity index (χ4v) is 1.27. The molecule has 0 amide bonds. The Bertz CT molecular complexity index is 221. The molecule has 0 aliphatic rings. The first-order valence-electron chi connectivity index (χ1n) is 5.18. The molecule has 0 spiro atoms. The summed E-state index contributed by atoms with van der Waals surface area (Å²) in [7, 11) is 0. The first-order valence-corrected chi connectivity index (χ1v) is 5.18. The van der Waals surface area contributed by atoms with Gasteiger partial charge in [0.2, 0.25) is 0 Å². The van der Waals surface area contributed by atoms with Crippen LogP contribution in [-0.2, 0) is 11.2 Å². The number of hydrogen-bond acceptors (Lipinski definition) is 3. The van der Waals surface area contributed by atoms with E-state index >= 15 is 0 Å². The number of hydrogen-bond donors (Lipinski definition) is 1. The molecule has 80 valence electrons. The third-order valence-electron chi connectivity index (χ3n) is 2.02. The van der Waals surface area contributed by atoms with E-state index in [1.807, 2.05) is 12.1 Å². The smallest absolute Gasteiger partial charge is 0.105 e. The topological polar surface area (TPSA) is 48.4 Å². The monoisotopic (exact) mass is 197 g/mol. The van der Waals surface area contributed by atoms with Gasteiger partial charge in [0, 0.05) is 25.7 Å². The largest absolute Gasteiger partial charge is 0.469 e. The molecule has 0 aliphatic heterocycles. The lowest BCUT2D eigenvalue weighted by atomic mass is 10.1. The van der Waals surface area contributed by atoms with Gasteiger partial charge in [-0.2, -0.15) is 0 Å². The second kappa shape index (κ2) is 6.62. The number of furan rings is 1. The minimum absolute atomic E-state index is 0.137. The zero-order chi connectivity index (χ0) is 10.2. The third kappa shape index (κ3) is 4.44. The van der Waals surface area contributed by atoms with Crippen LogP contribution < -0.4 is 5.73 Å². The lowest BCUT2D eigenvalue weighted by molar-refractivity contribution is 0.127. The van der Waals surface area contributed by atoms with Gasteiger partial charge >= 0.3 is 0 Å². The van der Waals surface area contributed by atoms with Crippen molar-refractivity contribution in [3.63, 3.8) is 0 Å². The van der Waals surface area contributed by atoms with E-state index in [4.69, 9.17) is 14.9 Å². The summed E-state index contributed by atoms with van der Waals surface area (Å²) in [5.74, 6) is 0.952. The van der Waals surface area contributed by atoms with E-state index in [0.29, 0.717) is 0 Å². The molecule has 0 saturated heterocycles. The summed E-state index contributed by atoms with van der Waals surface area (Å²) in [6.45, 7) is 3.67. The first kappa shape index (κ1) is 11.3. The van der Waals surface area contributed by atoms with Crippen LogP contribution in [0.15, 0.2) is 22.8 Å². The van der Waals surface area contributed by atoms with Crippen molar-refractivity contribution in [3.05, 3.63) is 24.2 Å². The summed E-state index contributed by atoms with van der Waals surface area (Å²) in [6, 6.07) is 3.97. The highest BCUT2D eigenvalue weighted by Gasteiger charge is 2.05. The molecule has 3 heteroatoms. The summed E-state index contributed by atoms with van der Waals surface area (Å²) in [4.78, 5) is 0. The zero-order valence-corrected chi connectivity index (χ0v) is 8.74. The van der Waals surface area contributed by atoms with Gasteiger partial charge in [-0.15, -0.1) is 0 Å². The Morgan fingerprint density at radius 3 is 3.00 bits per heavy atom. The van der Waals surface area contributed by atoms with E-state index in [-0.39, 0.29) is 6.04 Å². The van der Waals surface area contributed by atoms with Crippen LogP contribution in [-0.4, -0.2) is 19.3 Å². The minimum atomic E-state index is 0.137. The van der Waals surface area contributed by atoms with Gasteiger partial charge in [0.25, 0.3) is 0 Å². The van der Waals surface area contributed by atoms with Crippen LogP contribution in [0, 0.1) is 0 Å². The summed E-state index contributed by atoms with van der Waals surface area (Å²) in [6.07, 6.45) is 4.42. The van der Waals surface area contributed by atoms with Gasteiger partial charge in [-0.05, 0) is 25.0 Å². The normalized spacial score (nSPS) is 13.0. The van der Waals surface area contributed by atoms with Crippen LogP contribution in [0.5, 0.6) is 0 Å². The summed E-state index contributed by atoms with van der Waals surface area (Å²) in [5.41, 5.74) is 5.91. The SMILES string of the molecule is CCCOCCC(N)Cc1ccco1. The van der Waals surface area contributed by atoms with Crippen molar-refractivity contribution in [1.29, 1.82) is 0 Å². The standard InChI is InChI=1S/C11H19NO2/c1-2-6-13-8-5-10(12)9-11-4-3-7-14-11/h3-4,7,10H,2,5-6,8-9,12H2,1H3. The van der Waals surface area contributed by atoms with Gasteiger partial charge in [-0.25, -0.2) is 0 Å². The molecule has 0 aromatic carbocycles. The van der Waals surface area contributed by atoms with Crippen molar-refractivity contribution < 1.29 is 9.15 Å². The Morgan fingerprint density at radius 2 is 2.36 bits per heavy atom. The zero-order valence-electron chi connectivity index (χ0n) is 8.74. The van der Waals surface area contributed by atoms with Gasteiger partial charge < -0.3 is 14.9 Å².